The van der Waals surface area contributed by atoms with Gasteiger partial charge < -0.3 is 0 Å². The van der Waals surface area contributed by atoms with Crippen LogP contribution in [0.5, 0.6) is 0 Å². The fraction of sp³-hybridized carbons (Fsp3) is 0.0909. The summed E-state index contributed by atoms with van der Waals surface area (Å²) in [5, 5.41) is 9.62. The molecule has 0 atom stereocenters. The third-order valence-electron chi connectivity index (χ3n) is 2.14. The van der Waals surface area contributed by atoms with Gasteiger partial charge in [0, 0.05) is 10.7 Å². The zero-order valence-electron chi connectivity index (χ0n) is 8.11. The summed E-state index contributed by atoms with van der Waals surface area (Å²) in [6.45, 7) is 1.81. The molecule has 1 aromatic carbocycles. The number of aryl methyl sites for hydroxylation is 1. The van der Waals surface area contributed by atoms with Gasteiger partial charge in [-0.2, -0.15) is 5.26 Å². The summed E-state index contributed by atoms with van der Waals surface area (Å²) in [5.41, 5.74) is 2.11. The van der Waals surface area contributed by atoms with E-state index in [1.807, 2.05) is 12.1 Å². The average molecular weight is 218 g/mol. The van der Waals surface area contributed by atoms with Gasteiger partial charge in [-0.3, -0.25) is 4.57 Å². The van der Waals surface area contributed by atoms with Gasteiger partial charge in [-0.05, 0) is 25.1 Å². The predicted octanol–water partition coefficient (Wildman–Crippen LogP) is 2.71. The van der Waals surface area contributed by atoms with Crippen molar-refractivity contribution < 1.29 is 0 Å². The molecule has 0 aliphatic heterocycles. The van der Waals surface area contributed by atoms with E-state index in [-0.39, 0.29) is 0 Å². The first-order valence-corrected chi connectivity index (χ1v) is 4.80. The SMILES string of the molecule is Cc1ncn(-c2cccc(Cl)c2)c1C#N. The van der Waals surface area contributed by atoms with E-state index in [2.05, 4.69) is 11.1 Å². The van der Waals surface area contributed by atoms with E-state index < -0.39 is 0 Å². The molecule has 0 saturated heterocycles. The minimum Gasteiger partial charge on any atom is -0.290 e. The lowest BCUT2D eigenvalue weighted by atomic mass is 10.3. The van der Waals surface area contributed by atoms with E-state index in [1.165, 1.54) is 0 Å². The summed E-state index contributed by atoms with van der Waals surface area (Å²) in [4.78, 5) is 4.09. The van der Waals surface area contributed by atoms with E-state index in [0.29, 0.717) is 10.7 Å². The lowest BCUT2D eigenvalue weighted by molar-refractivity contribution is 1.03. The Balaban J connectivity index is 2.60. The molecule has 2 rings (SSSR count). The van der Waals surface area contributed by atoms with Gasteiger partial charge in [0.15, 0.2) is 0 Å². The normalized spacial score (nSPS) is 9.93. The quantitative estimate of drug-likeness (QED) is 0.737. The topological polar surface area (TPSA) is 41.6 Å². The minimum atomic E-state index is 0.539. The molecule has 0 radical (unpaired) electrons. The summed E-state index contributed by atoms with van der Waals surface area (Å²) in [6, 6.07) is 9.43. The first-order valence-electron chi connectivity index (χ1n) is 4.42. The number of hydrogen-bond acceptors (Lipinski definition) is 2. The third kappa shape index (κ3) is 1.72. The van der Waals surface area contributed by atoms with Crippen LogP contribution in [0.15, 0.2) is 30.6 Å². The number of nitriles is 1. The molecule has 0 unspecified atom stereocenters. The van der Waals surface area contributed by atoms with Crippen LogP contribution in [0.3, 0.4) is 0 Å². The minimum absolute atomic E-state index is 0.539. The molecule has 2 aromatic rings. The standard InChI is InChI=1S/C11H8ClN3/c1-8-11(6-13)15(7-14-8)10-4-2-3-9(12)5-10/h2-5,7H,1H3. The predicted molar refractivity (Wildman–Crippen MR) is 58.0 cm³/mol. The van der Waals surface area contributed by atoms with Gasteiger partial charge in [-0.1, -0.05) is 17.7 Å². The molecule has 3 nitrogen and oxygen atoms in total. The molecule has 1 heterocycles. The fourth-order valence-corrected chi connectivity index (χ4v) is 1.58. The molecule has 0 aliphatic rings. The van der Waals surface area contributed by atoms with Crippen molar-refractivity contribution in [3.05, 3.63) is 47.0 Å². The van der Waals surface area contributed by atoms with Crippen LogP contribution in [-0.4, -0.2) is 9.55 Å². The molecule has 0 bridgehead atoms. The van der Waals surface area contributed by atoms with Gasteiger partial charge in [0.1, 0.15) is 18.1 Å². The Morgan fingerprint density at radius 2 is 2.27 bits per heavy atom. The van der Waals surface area contributed by atoms with Crippen molar-refractivity contribution in [2.45, 2.75) is 6.92 Å². The van der Waals surface area contributed by atoms with E-state index in [1.54, 1.807) is 30.0 Å². The third-order valence-corrected chi connectivity index (χ3v) is 2.38. The molecular formula is C11H8ClN3. The van der Waals surface area contributed by atoms with Crippen molar-refractivity contribution in [2.24, 2.45) is 0 Å². The second kappa shape index (κ2) is 3.76. The Morgan fingerprint density at radius 3 is 2.93 bits per heavy atom. The molecule has 4 heteroatoms. The van der Waals surface area contributed by atoms with E-state index in [0.717, 1.165) is 11.4 Å². The van der Waals surface area contributed by atoms with Crippen LogP contribution in [0.4, 0.5) is 0 Å². The summed E-state index contributed by atoms with van der Waals surface area (Å²) in [5.74, 6) is 0. The Labute approximate surface area is 92.6 Å². The van der Waals surface area contributed by atoms with Crippen molar-refractivity contribution in [1.82, 2.24) is 9.55 Å². The Bertz CT molecular complexity index is 537. The Kier molecular flexibility index (Phi) is 2.44. The van der Waals surface area contributed by atoms with Crippen molar-refractivity contribution >= 4 is 11.6 Å². The van der Waals surface area contributed by atoms with Gasteiger partial charge in [0.05, 0.1) is 5.69 Å². The highest BCUT2D eigenvalue weighted by Crippen LogP contribution is 2.17. The highest BCUT2D eigenvalue weighted by molar-refractivity contribution is 6.30. The summed E-state index contributed by atoms with van der Waals surface area (Å²) >= 11 is 5.88. The molecule has 1 aromatic heterocycles. The van der Waals surface area contributed by atoms with Crippen LogP contribution in [0.2, 0.25) is 5.02 Å². The van der Waals surface area contributed by atoms with Gasteiger partial charge >= 0.3 is 0 Å². The van der Waals surface area contributed by atoms with Crippen LogP contribution in [0.1, 0.15) is 11.4 Å². The number of benzene rings is 1. The van der Waals surface area contributed by atoms with Crippen molar-refractivity contribution in [1.29, 1.82) is 5.26 Å². The van der Waals surface area contributed by atoms with Crippen LogP contribution < -0.4 is 0 Å². The summed E-state index contributed by atoms with van der Waals surface area (Å²) < 4.78 is 1.72. The number of hydrogen-bond donors (Lipinski definition) is 0. The molecule has 0 saturated carbocycles. The van der Waals surface area contributed by atoms with Crippen molar-refractivity contribution in [3.63, 3.8) is 0 Å². The number of halogens is 1. The highest BCUT2D eigenvalue weighted by Gasteiger charge is 2.07. The molecule has 0 fully saturated rings. The molecule has 74 valence electrons. The number of aromatic nitrogens is 2. The van der Waals surface area contributed by atoms with Crippen LogP contribution in [0, 0.1) is 18.3 Å². The second-order valence-electron chi connectivity index (χ2n) is 3.14. The molecule has 0 N–H and O–H groups in total. The molecule has 0 aliphatic carbocycles. The molecule has 0 spiro atoms. The zero-order valence-corrected chi connectivity index (χ0v) is 8.86. The van der Waals surface area contributed by atoms with Crippen molar-refractivity contribution in [2.75, 3.05) is 0 Å². The van der Waals surface area contributed by atoms with E-state index >= 15 is 0 Å². The maximum atomic E-state index is 8.97. The van der Waals surface area contributed by atoms with Crippen LogP contribution in [0.25, 0.3) is 5.69 Å². The van der Waals surface area contributed by atoms with E-state index in [9.17, 15) is 0 Å². The molecule has 15 heavy (non-hydrogen) atoms. The Hall–Kier alpha value is -1.79. The highest BCUT2D eigenvalue weighted by atomic mass is 35.5. The van der Waals surface area contributed by atoms with Crippen molar-refractivity contribution in [3.8, 4) is 11.8 Å². The first-order chi connectivity index (χ1) is 7.22. The van der Waals surface area contributed by atoms with Gasteiger partial charge in [-0.25, -0.2) is 4.98 Å². The van der Waals surface area contributed by atoms with Crippen LogP contribution >= 0.6 is 11.6 Å². The first kappa shape index (κ1) is 9.75. The molecule has 0 amide bonds. The zero-order chi connectivity index (χ0) is 10.8. The average Bonchev–Trinajstić information content (AvgIpc) is 2.59. The maximum Gasteiger partial charge on any atom is 0.147 e. The lowest BCUT2D eigenvalue weighted by Gasteiger charge is -2.03. The van der Waals surface area contributed by atoms with E-state index in [4.69, 9.17) is 16.9 Å². The smallest absolute Gasteiger partial charge is 0.147 e. The number of rotatable bonds is 1. The largest absolute Gasteiger partial charge is 0.290 e. The maximum absolute atomic E-state index is 8.97. The van der Waals surface area contributed by atoms with Gasteiger partial charge in [0.2, 0.25) is 0 Å². The number of imidazole rings is 1. The fourth-order valence-electron chi connectivity index (χ4n) is 1.39. The molecular weight excluding hydrogens is 210 g/mol. The monoisotopic (exact) mass is 217 g/mol. The van der Waals surface area contributed by atoms with Gasteiger partial charge in [-0.15, -0.1) is 0 Å². The Morgan fingerprint density at radius 1 is 1.47 bits per heavy atom. The second-order valence-corrected chi connectivity index (χ2v) is 3.58. The lowest BCUT2D eigenvalue weighted by Crippen LogP contribution is -1.95. The van der Waals surface area contributed by atoms with Crippen LogP contribution in [-0.2, 0) is 0 Å². The van der Waals surface area contributed by atoms with Gasteiger partial charge in [0.25, 0.3) is 0 Å². The summed E-state index contributed by atoms with van der Waals surface area (Å²) in [6.07, 6.45) is 1.62. The summed E-state index contributed by atoms with van der Waals surface area (Å²) in [7, 11) is 0. The number of nitrogens with zero attached hydrogens (tertiary/aromatic N) is 3.